The van der Waals surface area contributed by atoms with Crippen LogP contribution in [0.5, 0.6) is 0 Å². The Morgan fingerprint density at radius 3 is 2.57 bits per heavy atom. The monoisotopic (exact) mass is 416 g/mol. The van der Waals surface area contributed by atoms with E-state index in [1.54, 1.807) is 11.6 Å². The number of aromatic nitrogens is 2. The Balaban J connectivity index is 2.15. The lowest BCUT2D eigenvalue weighted by atomic mass is 10.1. The average Bonchev–Trinajstić information content (AvgIpc) is 3.13. The van der Waals surface area contributed by atoms with Gasteiger partial charge in [0.25, 0.3) is 0 Å². The number of imidazole rings is 1. The lowest BCUT2D eigenvalue weighted by molar-refractivity contribution is -0.137. The molecule has 2 unspecified atom stereocenters. The number of carbonyl (C=O) groups is 2. The third-order valence-electron chi connectivity index (χ3n) is 5.00. The van der Waals surface area contributed by atoms with Crippen molar-refractivity contribution in [2.75, 3.05) is 13.6 Å². The van der Waals surface area contributed by atoms with Crippen LogP contribution in [0.25, 0.3) is 0 Å². The number of carbonyl (C=O) groups excluding carboxylic acids is 2. The average molecular weight is 417 g/mol. The topological polar surface area (TPSA) is 81.2 Å². The molecular formula is C17H18ClF3N5O2+. The second-order valence-electron chi connectivity index (χ2n) is 6.76. The molecule has 0 bridgehead atoms. The van der Waals surface area contributed by atoms with E-state index in [0.717, 1.165) is 6.07 Å². The van der Waals surface area contributed by atoms with Crippen LogP contribution >= 0.6 is 11.6 Å². The number of nitrogens with zero attached hydrogens (tertiary/aromatic N) is 4. The lowest BCUT2D eigenvalue weighted by Gasteiger charge is -2.30. The number of quaternary nitrogens is 1. The minimum Gasteiger partial charge on any atom is -0.368 e. The first-order valence-corrected chi connectivity index (χ1v) is 8.62. The van der Waals surface area contributed by atoms with Gasteiger partial charge < -0.3 is 5.73 Å². The number of urea groups is 1. The summed E-state index contributed by atoms with van der Waals surface area (Å²) in [5, 5.41) is -0.479. The van der Waals surface area contributed by atoms with Gasteiger partial charge in [0.2, 0.25) is 11.7 Å². The van der Waals surface area contributed by atoms with Gasteiger partial charge in [0.05, 0.1) is 16.9 Å². The zero-order valence-corrected chi connectivity index (χ0v) is 15.8. The van der Waals surface area contributed by atoms with Crippen LogP contribution in [0.1, 0.15) is 11.1 Å². The predicted octanol–water partition coefficient (Wildman–Crippen LogP) is 2.52. The van der Waals surface area contributed by atoms with Crippen molar-refractivity contribution in [3.05, 3.63) is 46.9 Å². The Morgan fingerprint density at radius 1 is 1.39 bits per heavy atom. The highest BCUT2D eigenvalue weighted by atomic mass is 35.5. The summed E-state index contributed by atoms with van der Waals surface area (Å²) in [6.07, 6.45) is -1.73. The third-order valence-corrected chi connectivity index (χ3v) is 5.45. The molecule has 7 nitrogen and oxygen atoms in total. The maximum absolute atomic E-state index is 13.2. The highest BCUT2D eigenvalue weighted by molar-refractivity contribution is 6.32. The number of amides is 3. The Bertz CT molecular complexity index is 945. The first-order valence-electron chi connectivity index (χ1n) is 8.24. The molecule has 1 aromatic carbocycles. The van der Waals surface area contributed by atoms with Crippen molar-refractivity contribution in [3.8, 4) is 0 Å². The number of likely N-dealkylation sites (N-methyl/N-ethyl adjacent to an activating group) is 1. The molecule has 0 aliphatic carbocycles. The van der Waals surface area contributed by atoms with Crippen molar-refractivity contribution < 1.29 is 22.8 Å². The van der Waals surface area contributed by atoms with Crippen LogP contribution in [0.4, 0.5) is 23.8 Å². The van der Waals surface area contributed by atoms with Gasteiger partial charge in [-0.3, -0.25) is 14.3 Å². The van der Waals surface area contributed by atoms with Gasteiger partial charge in [-0.15, -0.1) is 0 Å². The molecule has 28 heavy (non-hydrogen) atoms. The second kappa shape index (κ2) is 6.78. The summed E-state index contributed by atoms with van der Waals surface area (Å²) in [5.41, 5.74) is 4.57. The fourth-order valence-corrected chi connectivity index (χ4v) is 3.88. The maximum Gasteiger partial charge on any atom is 0.426 e. The minimum absolute atomic E-state index is 0.0449. The first-order chi connectivity index (χ1) is 13.0. The number of benzene rings is 1. The van der Waals surface area contributed by atoms with Gasteiger partial charge in [0, 0.05) is 19.7 Å². The van der Waals surface area contributed by atoms with Gasteiger partial charge in [-0.1, -0.05) is 23.7 Å². The van der Waals surface area contributed by atoms with E-state index < -0.39 is 39.2 Å². The number of hydrogen-bond acceptors (Lipinski definition) is 3. The molecule has 2 N–H and O–H groups in total. The molecule has 0 saturated carbocycles. The van der Waals surface area contributed by atoms with E-state index in [-0.39, 0.29) is 18.7 Å². The smallest absolute Gasteiger partial charge is 0.368 e. The van der Waals surface area contributed by atoms with Crippen LogP contribution in [0.15, 0.2) is 30.7 Å². The van der Waals surface area contributed by atoms with E-state index in [0.29, 0.717) is 5.82 Å². The van der Waals surface area contributed by atoms with E-state index in [4.69, 9.17) is 17.3 Å². The summed E-state index contributed by atoms with van der Waals surface area (Å²) in [6.45, 7) is -0.230. The third kappa shape index (κ3) is 3.12. The minimum atomic E-state index is -4.63. The summed E-state index contributed by atoms with van der Waals surface area (Å²) >= 11 is 6.05. The number of rotatable bonds is 4. The molecular weight excluding hydrogens is 399 g/mol. The van der Waals surface area contributed by atoms with Gasteiger partial charge in [-0.2, -0.15) is 17.7 Å². The van der Waals surface area contributed by atoms with Gasteiger partial charge in [0.1, 0.15) is 19.3 Å². The molecule has 0 spiro atoms. The van der Waals surface area contributed by atoms with Crippen LogP contribution in [-0.4, -0.2) is 46.0 Å². The summed E-state index contributed by atoms with van der Waals surface area (Å²) in [5.74, 6) is -0.290. The lowest BCUT2D eigenvalue weighted by Crippen LogP contribution is -2.52. The van der Waals surface area contributed by atoms with Gasteiger partial charge >= 0.3 is 12.2 Å². The zero-order chi connectivity index (χ0) is 20.9. The molecule has 0 radical (unpaired) electrons. The van der Waals surface area contributed by atoms with Crippen molar-refractivity contribution in [1.29, 1.82) is 0 Å². The Kier molecular flexibility index (Phi) is 4.88. The van der Waals surface area contributed by atoms with Gasteiger partial charge in [0.15, 0.2) is 6.04 Å². The molecule has 3 amide bonds. The molecule has 2 heterocycles. The van der Waals surface area contributed by atoms with Crippen molar-refractivity contribution in [2.24, 2.45) is 12.8 Å². The Labute approximate surface area is 163 Å². The fraction of sp³-hybridized carbons (Fsp3) is 0.353. The molecule has 1 fully saturated rings. The zero-order valence-electron chi connectivity index (χ0n) is 15.1. The van der Waals surface area contributed by atoms with E-state index >= 15 is 0 Å². The van der Waals surface area contributed by atoms with E-state index in [2.05, 4.69) is 4.98 Å². The summed E-state index contributed by atoms with van der Waals surface area (Å²) in [6, 6.07) is 2.15. The molecule has 1 aromatic heterocycles. The van der Waals surface area contributed by atoms with Crippen molar-refractivity contribution in [1.82, 2.24) is 18.9 Å². The van der Waals surface area contributed by atoms with Crippen LogP contribution in [0.2, 0.25) is 5.02 Å². The van der Waals surface area contributed by atoms with Crippen LogP contribution in [0.3, 0.4) is 0 Å². The molecule has 1 saturated heterocycles. The van der Waals surface area contributed by atoms with Crippen molar-refractivity contribution >= 4 is 29.4 Å². The maximum atomic E-state index is 13.2. The highest BCUT2D eigenvalue weighted by Crippen LogP contribution is 2.39. The summed E-state index contributed by atoms with van der Waals surface area (Å²) in [7, 11) is 3.09. The number of halogens is 4. The van der Waals surface area contributed by atoms with Crippen LogP contribution < -0.4 is 10.2 Å². The SMILES string of the molecule is CN1C(=O)[N+](Cc2cccc(C(F)(F)F)c2Cl)(c2cncn2C)CC1C(N)=O. The fourth-order valence-electron chi connectivity index (χ4n) is 3.59. The van der Waals surface area contributed by atoms with Gasteiger partial charge in [-0.05, 0) is 6.07 Å². The molecule has 1 aliphatic rings. The van der Waals surface area contributed by atoms with Crippen molar-refractivity contribution in [3.63, 3.8) is 0 Å². The number of hydrogen-bond donors (Lipinski definition) is 1. The molecule has 3 rings (SSSR count). The number of primary amides is 1. The van der Waals surface area contributed by atoms with Gasteiger partial charge in [-0.25, -0.2) is 9.78 Å². The number of alkyl halides is 3. The van der Waals surface area contributed by atoms with Crippen LogP contribution in [0, 0.1) is 0 Å². The standard InChI is InChI=1S/C17H17ClF3N5O2/c1-24-9-23-6-13(24)26(8-12(15(22)27)25(2)16(26)28)7-10-4-3-5-11(14(10)18)17(19,20)21/h3-6,9,12H,7-8H2,1-2H3,(H-,22,27)/p+1. The molecule has 2 aromatic rings. The molecule has 1 aliphatic heterocycles. The molecule has 2 atom stereocenters. The summed E-state index contributed by atoms with van der Waals surface area (Å²) in [4.78, 5) is 30.2. The normalized spacial score (nSPS) is 22.7. The predicted molar refractivity (Wildman–Crippen MR) is 96.2 cm³/mol. The second-order valence-corrected chi connectivity index (χ2v) is 7.14. The Morgan fingerprint density at radius 2 is 2.07 bits per heavy atom. The van der Waals surface area contributed by atoms with E-state index in [1.807, 2.05) is 0 Å². The number of aryl methyl sites for hydroxylation is 1. The van der Waals surface area contributed by atoms with E-state index in [9.17, 15) is 22.8 Å². The number of nitrogens with two attached hydrogens (primary N) is 1. The molecule has 11 heteroatoms. The quantitative estimate of drug-likeness (QED) is 0.778. The largest absolute Gasteiger partial charge is 0.426 e. The van der Waals surface area contributed by atoms with E-state index in [1.165, 1.54) is 36.6 Å². The highest BCUT2D eigenvalue weighted by Gasteiger charge is 2.56. The van der Waals surface area contributed by atoms with Crippen LogP contribution in [-0.2, 0) is 24.6 Å². The molecule has 150 valence electrons. The summed E-state index contributed by atoms with van der Waals surface area (Å²) < 4.78 is 40.8. The Hall–Kier alpha value is -2.59. The van der Waals surface area contributed by atoms with Crippen molar-refractivity contribution in [2.45, 2.75) is 18.8 Å². The first kappa shape index (κ1) is 20.2.